The smallest absolute Gasteiger partial charge is 0.369 e. The van der Waals surface area contributed by atoms with Crippen molar-refractivity contribution in [1.29, 1.82) is 5.26 Å². The van der Waals surface area contributed by atoms with Crippen molar-refractivity contribution in [2.45, 2.75) is 0 Å². The van der Waals surface area contributed by atoms with Crippen molar-refractivity contribution in [3.05, 3.63) is 64.6 Å². The van der Waals surface area contributed by atoms with Crippen LogP contribution in [0.5, 0.6) is 0 Å². The van der Waals surface area contributed by atoms with Crippen molar-refractivity contribution >= 4 is 16.7 Å². The van der Waals surface area contributed by atoms with Crippen molar-refractivity contribution in [2.75, 3.05) is 31.1 Å². The minimum Gasteiger partial charge on any atom is -0.617 e. The molecule has 0 unspecified atom stereocenters. The molecule has 2 heterocycles. The van der Waals surface area contributed by atoms with Gasteiger partial charge in [-0.1, -0.05) is 18.2 Å². The third kappa shape index (κ3) is 2.57. The van der Waals surface area contributed by atoms with E-state index in [-0.39, 0.29) is 22.4 Å². The van der Waals surface area contributed by atoms with Crippen LogP contribution in [0.1, 0.15) is 5.69 Å². The lowest BCUT2D eigenvalue weighted by Gasteiger charge is -2.29. The van der Waals surface area contributed by atoms with Crippen LogP contribution in [0.4, 0.5) is 5.69 Å². The summed E-state index contributed by atoms with van der Waals surface area (Å²) in [5.74, 6) is 0. The summed E-state index contributed by atoms with van der Waals surface area (Å²) in [4.78, 5) is 2.15. The molecule has 3 aromatic rings. The predicted molar refractivity (Wildman–Crippen MR) is 97.1 cm³/mol. The van der Waals surface area contributed by atoms with E-state index in [9.17, 15) is 15.7 Å². The summed E-state index contributed by atoms with van der Waals surface area (Å²) < 4.78 is 1.25. The van der Waals surface area contributed by atoms with Crippen molar-refractivity contribution in [2.24, 2.45) is 0 Å². The van der Waals surface area contributed by atoms with E-state index in [1.165, 1.54) is 0 Å². The molecule has 4 rings (SSSR count). The Morgan fingerprint density at radius 2 is 1.69 bits per heavy atom. The first-order valence-electron chi connectivity index (χ1n) is 8.45. The summed E-state index contributed by atoms with van der Waals surface area (Å²) in [7, 11) is 0. The molecular formula is C19H17N5O2. The third-order valence-electron chi connectivity index (χ3n) is 4.66. The van der Waals surface area contributed by atoms with Gasteiger partial charge >= 0.3 is 11.4 Å². The molecule has 7 nitrogen and oxygen atoms in total. The molecule has 0 aliphatic carbocycles. The standard InChI is InChI=1S/C19H17N5O2/c20-13-18-19(14-4-2-1-3-5-14)24(26)16-7-6-15(12-17(16)23(18)25)22-10-8-21-9-11-22/h1-7,12,21H,8-11H2. The maximum Gasteiger partial charge on any atom is 0.369 e. The molecule has 1 aliphatic rings. The highest BCUT2D eigenvalue weighted by atomic mass is 16.5. The largest absolute Gasteiger partial charge is 0.617 e. The van der Waals surface area contributed by atoms with Crippen LogP contribution in [0, 0.1) is 21.7 Å². The Balaban J connectivity index is 1.94. The molecule has 26 heavy (non-hydrogen) atoms. The zero-order chi connectivity index (χ0) is 18.1. The van der Waals surface area contributed by atoms with Gasteiger partial charge in [0.2, 0.25) is 0 Å². The van der Waals surface area contributed by atoms with Gasteiger partial charge in [-0.05, 0) is 18.2 Å². The quantitative estimate of drug-likeness (QED) is 0.553. The predicted octanol–water partition coefficient (Wildman–Crippen LogP) is 1.05. The maximum absolute atomic E-state index is 12.9. The lowest BCUT2D eigenvalue weighted by Crippen LogP contribution is -2.45. The summed E-state index contributed by atoms with van der Waals surface area (Å²) in [6.45, 7) is 3.39. The van der Waals surface area contributed by atoms with Gasteiger partial charge in [-0.15, -0.1) is 4.73 Å². The number of aromatic nitrogens is 2. The molecule has 0 amide bonds. The molecule has 1 fully saturated rings. The van der Waals surface area contributed by atoms with E-state index in [0.29, 0.717) is 15.0 Å². The molecule has 1 N–H and O–H groups in total. The first-order valence-corrected chi connectivity index (χ1v) is 8.45. The molecule has 1 saturated heterocycles. The highest BCUT2D eigenvalue weighted by Gasteiger charge is 2.30. The first-order chi connectivity index (χ1) is 12.7. The fourth-order valence-electron chi connectivity index (χ4n) is 3.35. The van der Waals surface area contributed by atoms with Crippen molar-refractivity contribution in [1.82, 2.24) is 5.32 Å². The lowest BCUT2D eigenvalue weighted by molar-refractivity contribution is -0.622. The van der Waals surface area contributed by atoms with Crippen LogP contribution in [0.2, 0.25) is 0 Å². The molecule has 0 spiro atoms. The molecule has 2 aromatic carbocycles. The van der Waals surface area contributed by atoms with Gasteiger partial charge in [-0.2, -0.15) is 9.99 Å². The number of piperazine rings is 1. The number of hydrogen-bond donors (Lipinski definition) is 1. The van der Waals surface area contributed by atoms with Crippen LogP contribution in [-0.2, 0) is 0 Å². The highest BCUT2D eigenvalue weighted by molar-refractivity contribution is 5.76. The van der Waals surface area contributed by atoms with E-state index >= 15 is 0 Å². The Kier molecular flexibility index (Phi) is 4.03. The minimum absolute atomic E-state index is 0.0746. The molecule has 1 aromatic heterocycles. The lowest BCUT2D eigenvalue weighted by atomic mass is 10.1. The van der Waals surface area contributed by atoms with E-state index in [2.05, 4.69) is 10.2 Å². The molecule has 7 heteroatoms. The van der Waals surface area contributed by atoms with Gasteiger partial charge in [-0.3, -0.25) is 0 Å². The van der Waals surface area contributed by atoms with E-state index in [0.717, 1.165) is 31.9 Å². The molecule has 0 bridgehead atoms. The monoisotopic (exact) mass is 347 g/mol. The minimum atomic E-state index is -0.198. The van der Waals surface area contributed by atoms with Crippen LogP contribution in [-0.4, -0.2) is 26.2 Å². The number of rotatable bonds is 2. The number of hydrogen-bond acceptors (Lipinski definition) is 5. The van der Waals surface area contributed by atoms with E-state index in [4.69, 9.17) is 0 Å². The Morgan fingerprint density at radius 1 is 0.962 bits per heavy atom. The Labute approximate surface area is 150 Å². The fourth-order valence-corrected chi connectivity index (χ4v) is 3.35. The van der Waals surface area contributed by atoms with Crippen LogP contribution in [0.25, 0.3) is 22.3 Å². The molecule has 130 valence electrons. The zero-order valence-corrected chi connectivity index (χ0v) is 14.1. The Bertz CT molecular complexity index is 1010. The summed E-state index contributed by atoms with van der Waals surface area (Å²) >= 11 is 0. The van der Waals surface area contributed by atoms with E-state index in [1.807, 2.05) is 18.2 Å². The van der Waals surface area contributed by atoms with Gasteiger partial charge in [0.05, 0.1) is 5.56 Å². The Hall–Kier alpha value is -3.37. The summed E-state index contributed by atoms with van der Waals surface area (Å²) in [6, 6.07) is 15.9. The number of fused-ring (bicyclic) bond motifs is 1. The molecular weight excluding hydrogens is 330 g/mol. The van der Waals surface area contributed by atoms with Crippen molar-refractivity contribution in [3.8, 4) is 17.3 Å². The summed E-state index contributed by atoms with van der Waals surface area (Å²) in [5, 5.41) is 38.6. The summed E-state index contributed by atoms with van der Waals surface area (Å²) in [6.07, 6.45) is 0. The molecule has 0 saturated carbocycles. The van der Waals surface area contributed by atoms with Crippen LogP contribution in [0.3, 0.4) is 0 Å². The maximum atomic E-state index is 12.9. The normalized spacial score (nSPS) is 14.3. The van der Waals surface area contributed by atoms with Crippen LogP contribution in [0.15, 0.2) is 48.5 Å². The molecule has 0 radical (unpaired) electrons. The summed E-state index contributed by atoms with van der Waals surface area (Å²) in [5.41, 5.74) is 1.74. The Morgan fingerprint density at radius 3 is 2.38 bits per heavy atom. The first kappa shape index (κ1) is 16.1. The van der Waals surface area contributed by atoms with Gasteiger partial charge in [-0.25, -0.2) is 0 Å². The number of nitrogens with zero attached hydrogens (tertiary/aromatic N) is 4. The highest BCUT2D eigenvalue weighted by Crippen LogP contribution is 2.23. The third-order valence-corrected chi connectivity index (χ3v) is 4.66. The van der Waals surface area contributed by atoms with E-state index < -0.39 is 0 Å². The average molecular weight is 347 g/mol. The van der Waals surface area contributed by atoms with Gasteiger partial charge in [0, 0.05) is 44.0 Å². The second kappa shape index (κ2) is 6.50. The van der Waals surface area contributed by atoms with Gasteiger partial charge in [0.1, 0.15) is 0 Å². The van der Waals surface area contributed by atoms with Crippen molar-refractivity contribution < 1.29 is 9.46 Å². The van der Waals surface area contributed by atoms with E-state index in [1.54, 1.807) is 36.4 Å². The SMILES string of the molecule is N#Cc1c(-c2ccccc2)[n+]([O-])c2ccc(N3CCNCC3)cc2[n+]1[O-]. The van der Waals surface area contributed by atoms with Gasteiger partial charge < -0.3 is 20.6 Å². The second-order valence-corrected chi connectivity index (χ2v) is 6.17. The van der Waals surface area contributed by atoms with Crippen LogP contribution < -0.4 is 19.7 Å². The van der Waals surface area contributed by atoms with Crippen molar-refractivity contribution in [3.63, 3.8) is 0 Å². The van der Waals surface area contributed by atoms with Gasteiger partial charge in [0.15, 0.2) is 6.07 Å². The number of nitriles is 1. The van der Waals surface area contributed by atoms with Gasteiger partial charge in [0.25, 0.3) is 11.0 Å². The number of nitrogens with one attached hydrogen (secondary N) is 1. The average Bonchev–Trinajstić information content (AvgIpc) is 2.71. The number of anilines is 1. The molecule has 1 aliphatic heterocycles. The zero-order valence-electron chi connectivity index (χ0n) is 14.1. The fraction of sp³-hybridized carbons (Fsp3) is 0.211. The number of benzene rings is 2. The second-order valence-electron chi connectivity index (χ2n) is 6.17. The molecule has 0 atom stereocenters. The topological polar surface area (TPSA) is 92.9 Å². The van der Waals surface area contributed by atoms with Crippen LogP contribution >= 0.6 is 0 Å².